The van der Waals surface area contributed by atoms with Crippen LogP contribution >= 0.6 is 0 Å². The summed E-state index contributed by atoms with van der Waals surface area (Å²) >= 11 is 0. The minimum atomic E-state index is -0.546. The van der Waals surface area contributed by atoms with E-state index in [1.165, 1.54) is 19.2 Å². The highest BCUT2D eigenvalue weighted by Gasteiger charge is 2.18. The van der Waals surface area contributed by atoms with Gasteiger partial charge in [0.15, 0.2) is 11.5 Å². The first-order chi connectivity index (χ1) is 15.4. The molecule has 9 nitrogen and oxygen atoms in total. The summed E-state index contributed by atoms with van der Waals surface area (Å²) in [5.41, 5.74) is 1.16. The number of amides is 2. The molecular formula is C23H28N2O7. The Morgan fingerprint density at radius 3 is 1.84 bits per heavy atom. The maximum absolute atomic E-state index is 12.8. The van der Waals surface area contributed by atoms with Crippen LogP contribution in [0.5, 0.6) is 17.2 Å². The number of anilines is 1. The number of ether oxygens (including phenoxy) is 4. The number of carbonyl (C=O) groups excluding carboxylic acids is 3. The van der Waals surface area contributed by atoms with Crippen LogP contribution in [0.2, 0.25) is 0 Å². The van der Waals surface area contributed by atoms with Gasteiger partial charge in [-0.25, -0.2) is 0 Å². The molecule has 0 heterocycles. The Balaban J connectivity index is 2.17. The van der Waals surface area contributed by atoms with Crippen LogP contribution in [0.3, 0.4) is 0 Å². The van der Waals surface area contributed by atoms with E-state index in [1.54, 1.807) is 24.3 Å². The predicted octanol–water partition coefficient (Wildman–Crippen LogP) is 3.04. The monoisotopic (exact) mass is 444 g/mol. The molecule has 2 N–H and O–H groups in total. The van der Waals surface area contributed by atoms with E-state index < -0.39 is 11.9 Å². The van der Waals surface area contributed by atoms with E-state index in [-0.39, 0.29) is 12.5 Å². The lowest BCUT2D eigenvalue weighted by molar-refractivity contribution is -0.139. The van der Waals surface area contributed by atoms with Crippen molar-refractivity contribution in [3.05, 3.63) is 47.5 Å². The zero-order valence-electron chi connectivity index (χ0n) is 18.7. The zero-order valence-corrected chi connectivity index (χ0v) is 18.7. The van der Waals surface area contributed by atoms with Gasteiger partial charge >= 0.3 is 5.97 Å². The molecule has 0 aliphatic rings. The quantitative estimate of drug-likeness (QED) is 0.512. The van der Waals surface area contributed by atoms with Gasteiger partial charge in [-0.1, -0.05) is 0 Å². The van der Waals surface area contributed by atoms with Crippen molar-refractivity contribution in [2.75, 3.05) is 38.8 Å². The van der Waals surface area contributed by atoms with Crippen LogP contribution < -0.4 is 24.8 Å². The molecule has 0 aliphatic carbocycles. The molecule has 0 radical (unpaired) electrons. The summed E-state index contributed by atoms with van der Waals surface area (Å²) in [6.45, 7) is 6.52. The van der Waals surface area contributed by atoms with Gasteiger partial charge in [-0.3, -0.25) is 14.4 Å². The van der Waals surface area contributed by atoms with Crippen molar-refractivity contribution in [2.45, 2.75) is 20.8 Å². The first kappa shape index (κ1) is 24.5. The molecule has 0 bridgehead atoms. The summed E-state index contributed by atoms with van der Waals surface area (Å²) in [6.07, 6.45) is 0. The second-order valence-corrected chi connectivity index (χ2v) is 6.39. The smallest absolute Gasteiger partial charge is 0.325 e. The molecule has 0 unspecified atom stereocenters. The van der Waals surface area contributed by atoms with E-state index in [9.17, 15) is 14.4 Å². The summed E-state index contributed by atoms with van der Waals surface area (Å²) in [6, 6.07) is 9.45. The Bertz CT molecular complexity index is 915. The topological polar surface area (TPSA) is 112 Å². The molecule has 0 aliphatic heterocycles. The summed E-state index contributed by atoms with van der Waals surface area (Å²) in [4.78, 5) is 36.0. The van der Waals surface area contributed by atoms with Gasteiger partial charge in [-0.2, -0.15) is 0 Å². The highest BCUT2D eigenvalue weighted by Crippen LogP contribution is 2.39. The number of rotatable bonds is 11. The average molecular weight is 444 g/mol. The third-order valence-electron chi connectivity index (χ3n) is 4.20. The lowest BCUT2D eigenvalue weighted by atomic mass is 10.1. The molecule has 2 aromatic rings. The second kappa shape index (κ2) is 12.2. The number of hydrogen-bond acceptors (Lipinski definition) is 7. The van der Waals surface area contributed by atoms with Crippen LogP contribution in [-0.2, 0) is 9.53 Å². The standard InChI is InChI=1S/C23H28N2O7/c1-5-30-18-12-16(13-19(31-6-2)21(18)32-7-3)23(28)25-17-10-8-15(9-11-17)22(27)24-14-20(26)29-4/h8-13H,5-7,14H2,1-4H3,(H,24,27)(H,25,28). The first-order valence-corrected chi connectivity index (χ1v) is 10.3. The fourth-order valence-electron chi connectivity index (χ4n) is 2.75. The number of methoxy groups -OCH3 is 1. The van der Waals surface area contributed by atoms with Crippen LogP contribution in [0, 0.1) is 0 Å². The van der Waals surface area contributed by atoms with E-state index in [0.29, 0.717) is 53.9 Å². The second-order valence-electron chi connectivity index (χ2n) is 6.39. The van der Waals surface area contributed by atoms with Crippen molar-refractivity contribution in [1.82, 2.24) is 5.32 Å². The van der Waals surface area contributed by atoms with Gasteiger partial charge in [-0.15, -0.1) is 0 Å². The molecule has 0 atom stereocenters. The molecule has 0 fully saturated rings. The van der Waals surface area contributed by atoms with Crippen LogP contribution in [0.25, 0.3) is 0 Å². The van der Waals surface area contributed by atoms with Crippen molar-refractivity contribution in [2.24, 2.45) is 0 Å². The maximum Gasteiger partial charge on any atom is 0.325 e. The summed E-state index contributed by atoms with van der Waals surface area (Å²) in [7, 11) is 1.24. The SMILES string of the molecule is CCOc1cc(C(=O)Nc2ccc(C(=O)NCC(=O)OC)cc2)cc(OCC)c1OCC. The number of hydrogen-bond donors (Lipinski definition) is 2. The van der Waals surface area contributed by atoms with Crippen LogP contribution in [-0.4, -0.2) is 51.3 Å². The summed E-state index contributed by atoms with van der Waals surface area (Å²) in [5.74, 6) is -0.0583. The molecule has 0 spiro atoms. The first-order valence-electron chi connectivity index (χ1n) is 10.3. The molecule has 32 heavy (non-hydrogen) atoms. The molecule has 0 saturated heterocycles. The van der Waals surface area contributed by atoms with E-state index in [4.69, 9.17) is 14.2 Å². The zero-order chi connectivity index (χ0) is 23.5. The minimum absolute atomic E-state index is 0.226. The Labute approximate surface area is 187 Å². The molecular weight excluding hydrogens is 416 g/mol. The summed E-state index contributed by atoms with van der Waals surface area (Å²) in [5, 5.41) is 5.22. The Kier molecular flexibility index (Phi) is 9.34. The normalized spacial score (nSPS) is 10.1. The molecule has 0 saturated carbocycles. The van der Waals surface area contributed by atoms with Crippen molar-refractivity contribution in [3.8, 4) is 17.2 Å². The number of benzene rings is 2. The minimum Gasteiger partial charge on any atom is -0.490 e. The fourth-order valence-corrected chi connectivity index (χ4v) is 2.75. The molecule has 2 aromatic carbocycles. The maximum atomic E-state index is 12.8. The number of nitrogens with one attached hydrogen (secondary N) is 2. The highest BCUT2D eigenvalue weighted by molar-refractivity contribution is 6.05. The molecule has 2 amide bonds. The Morgan fingerprint density at radius 2 is 1.34 bits per heavy atom. The average Bonchev–Trinajstić information content (AvgIpc) is 2.79. The molecule has 0 aromatic heterocycles. The Morgan fingerprint density at radius 1 is 0.781 bits per heavy atom. The largest absolute Gasteiger partial charge is 0.490 e. The third kappa shape index (κ3) is 6.63. The van der Waals surface area contributed by atoms with Gasteiger partial charge in [0.05, 0.1) is 26.9 Å². The van der Waals surface area contributed by atoms with Crippen LogP contribution in [0.1, 0.15) is 41.5 Å². The van der Waals surface area contributed by atoms with Crippen LogP contribution in [0.15, 0.2) is 36.4 Å². The van der Waals surface area contributed by atoms with Gasteiger partial charge in [0.25, 0.3) is 11.8 Å². The van der Waals surface area contributed by atoms with Crippen molar-refractivity contribution in [3.63, 3.8) is 0 Å². The van der Waals surface area contributed by atoms with Crippen LogP contribution in [0.4, 0.5) is 5.69 Å². The fraction of sp³-hybridized carbons (Fsp3) is 0.348. The molecule has 9 heteroatoms. The third-order valence-corrected chi connectivity index (χ3v) is 4.20. The molecule has 172 valence electrons. The van der Waals surface area contributed by atoms with E-state index >= 15 is 0 Å². The van der Waals surface area contributed by atoms with Gasteiger partial charge in [0, 0.05) is 16.8 Å². The van der Waals surface area contributed by atoms with Gasteiger partial charge in [-0.05, 0) is 57.2 Å². The number of esters is 1. The lowest BCUT2D eigenvalue weighted by Crippen LogP contribution is -2.30. The summed E-state index contributed by atoms with van der Waals surface area (Å²) < 4.78 is 21.4. The highest BCUT2D eigenvalue weighted by atomic mass is 16.5. The van der Waals surface area contributed by atoms with Crippen molar-refractivity contribution >= 4 is 23.5 Å². The number of carbonyl (C=O) groups is 3. The van der Waals surface area contributed by atoms with Gasteiger partial charge in [0.1, 0.15) is 6.54 Å². The lowest BCUT2D eigenvalue weighted by Gasteiger charge is -2.17. The molecule has 2 rings (SSSR count). The van der Waals surface area contributed by atoms with Gasteiger partial charge in [0.2, 0.25) is 5.75 Å². The van der Waals surface area contributed by atoms with E-state index in [0.717, 1.165) is 0 Å². The van der Waals surface area contributed by atoms with Crippen molar-refractivity contribution in [1.29, 1.82) is 0 Å². The van der Waals surface area contributed by atoms with Gasteiger partial charge < -0.3 is 29.6 Å². The van der Waals surface area contributed by atoms with E-state index in [1.807, 2.05) is 20.8 Å². The predicted molar refractivity (Wildman–Crippen MR) is 119 cm³/mol. The van der Waals surface area contributed by atoms with E-state index in [2.05, 4.69) is 15.4 Å². The Hall–Kier alpha value is -3.75. The van der Waals surface area contributed by atoms with Crippen molar-refractivity contribution < 1.29 is 33.3 Å².